The molecule has 39 heavy (non-hydrogen) atoms. The number of carbonyl (C=O) groups is 1. The molecule has 2 aliphatic rings. The van der Waals surface area contributed by atoms with Crippen LogP contribution >= 0.6 is 0 Å². The van der Waals surface area contributed by atoms with Crippen molar-refractivity contribution in [2.24, 2.45) is 0 Å². The standard InChI is InChI=1S/C33H30FNO4/c1-18-12-22(21-10-11-35-20(3)14-21)13-19(2)32(18)26-6-8-28(34)33-27(26)7-9-29(33)39-24-4-5-25-23(15-31(36)37)17-38-30(25)16-24/h4-6,8,10-14,16,23,29H,7,9,15,17H2,1-3H3,(H,36,37)/t23-,29-/m1/s1. The minimum atomic E-state index is -0.849. The number of pyridine rings is 1. The van der Waals surface area contributed by atoms with E-state index >= 15 is 4.39 Å². The Kier molecular flexibility index (Phi) is 6.34. The first-order chi connectivity index (χ1) is 18.8. The van der Waals surface area contributed by atoms with Gasteiger partial charge in [-0.2, -0.15) is 0 Å². The van der Waals surface area contributed by atoms with Gasteiger partial charge < -0.3 is 14.6 Å². The van der Waals surface area contributed by atoms with Gasteiger partial charge in [0.1, 0.15) is 23.4 Å². The van der Waals surface area contributed by atoms with Crippen LogP contribution in [0.3, 0.4) is 0 Å². The molecule has 0 spiro atoms. The van der Waals surface area contributed by atoms with Crippen molar-refractivity contribution in [1.29, 1.82) is 0 Å². The van der Waals surface area contributed by atoms with Crippen LogP contribution in [0.2, 0.25) is 0 Å². The van der Waals surface area contributed by atoms with Crippen LogP contribution in [0.5, 0.6) is 11.5 Å². The Labute approximate surface area is 227 Å². The molecule has 0 unspecified atom stereocenters. The zero-order chi connectivity index (χ0) is 27.3. The predicted octanol–water partition coefficient (Wildman–Crippen LogP) is 7.50. The van der Waals surface area contributed by atoms with Gasteiger partial charge in [-0.3, -0.25) is 9.78 Å². The van der Waals surface area contributed by atoms with E-state index in [4.69, 9.17) is 14.6 Å². The number of benzene rings is 3. The van der Waals surface area contributed by atoms with Gasteiger partial charge in [-0.05, 0) is 96.8 Å². The maximum Gasteiger partial charge on any atom is 0.304 e. The summed E-state index contributed by atoms with van der Waals surface area (Å²) >= 11 is 0. The number of carboxylic acids is 1. The minimum Gasteiger partial charge on any atom is -0.492 e. The third-order valence-corrected chi connectivity index (χ3v) is 7.88. The summed E-state index contributed by atoms with van der Waals surface area (Å²) in [6, 6.07) is 17.4. The highest BCUT2D eigenvalue weighted by Crippen LogP contribution is 2.45. The van der Waals surface area contributed by atoms with Crippen LogP contribution in [-0.4, -0.2) is 22.7 Å². The number of fused-ring (bicyclic) bond motifs is 2. The topological polar surface area (TPSA) is 68.7 Å². The van der Waals surface area contributed by atoms with E-state index in [1.54, 1.807) is 12.1 Å². The van der Waals surface area contributed by atoms with Gasteiger partial charge in [-0.15, -0.1) is 0 Å². The zero-order valence-corrected chi connectivity index (χ0v) is 22.3. The van der Waals surface area contributed by atoms with Crippen molar-refractivity contribution in [2.45, 2.75) is 52.1 Å². The van der Waals surface area contributed by atoms with Gasteiger partial charge in [0.25, 0.3) is 0 Å². The molecule has 1 aromatic heterocycles. The second-order valence-electron chi connectivity index (χ2n) is 10.6. The highest BCUT2D eigenvalue weighted by Gasteiger charge is 2.32. The number of aryl methyl sites for hydroxylation is 3. The number of aromatic nitrogens is 1. The molecular formula is C33H30FNO4. The quantitative estimate of drug-likeness (QED) is 0.283. The molecule has 0 saturated heterocycles. The second-order valence-corrected chi connectivity index (χ2v) is 10.6. The van der Waals surface area contributed by atoms with E-state index in [1.165, 1.54) is 0 Å². The van der Waals surface area contributed by atoms with Crippen LogP contribution in [0.15, 0.2) is 60.8 Å². The number of halogens is 1. The predicted molar refractivity (Wildman–Crippen MR) is 148 cm³/mol. The normalized spacial score (nSPS) is 17.4. The molecule has 5 nitrogen and oxygen atoms in total. The van der Waals surface area contributed by atoms with Crippen molar-refractivity contribution in [2.75, 3.05) is 6.61 Å². The molecule has 0 saturated carbocycles. The summed E-state index contributed by atoms with van der Waals surface area (Å²) < 4.78 is 27.4. The summed E-state index contributed by atoms with van der Waals surface area (Å²) in [6.07, 6.45) is 2.85. The number of nitrogens with zero attached hydrogens (tertiary/aromatic N) is 1. The fraction of sp³-hybridized carbons (Fsp3) is 0.273. The number of carboxylic acid groups (broad SMARTS) is 1. The largest absolute Gasteiger partial charge is 0.492 e. The van der Waals surface area contributed by atoms with E-state index < -0.39 is 12.1 Å². The molecule has 0 bridgehead atoms. The number of hydrogen-bond acceptors (Lipinski definition) is 4. The van der Waals surface area contributed by atoms with Gasteiger partial charge in [0.05, 0.1) is 13.0 Å². The first-order valence-corrected chi connectivity index (χ1v) is 13.3. The average Bonchev–Trinajstić information content (AvgIpc) is 3.49. The molecule has 2 heterocycles. The fourth-order valence-electron chi connectivity index (χ4n) is 6.18. The summed E-state index contributed by atoms with van der Waals surface area (Å²) in [4.78, 5) is 15.5. The Bertz CT molecular complexity index is 1590. The molecule has 1 N–H and O–H groups in total. The Hall–Kier alpha value is -4.19. The lowest BCUT2D eigenvalue weighted by molar-refractivity contribution is -0.137. The van der Waals surface area contributed by atoms with Gasteiger partial charge in [0.15, 0.2) is 0 Å². The van der Waals surface area contributed by atoms with Crippen molar-refractivity contribution >= 4 is 5.97 Å². The van der Waals surface area contributed by atoms with Gasteiger partial charge in [-0.25, -0.2) is 4.39 Å². The monoisotopic (exact) mass is 523 g/mol. The van der Waals surface area contributed by atoms with Crippen molar-refractivity contribution in [3.05, 3.63) is 100 Å². The Morgan fingerprint density at radius 3 is 2.59 bits per heavy atom. The molecule has 0 fully saturated rings. The van der Waals surface area contributed by atoms with Gasteiger partial charge in [-0.1, -0.05) is 24.3 Å². The zero-order valence-electron chi connectivity index (χ0n) is 22.3. The molecule has 1 aliphatic heterocycles. The van der Waals surface area contributed by atoms with E-state index in [2.05, 4.69) is 37.0 Å². The molecule has 0 radical (unpaired) electrons. The molecule has 2 atom stereocenters. The summed E-state index contributed by atoms with van der Waals surface area (Å²) in [6.45, 7) is 6.55. The molecule has 198 valence electrons. The van der Waals surface area contributed by atoms with Crippen molar-refractivity contribution in [3.63, 3.8) is 0 Å². The van der Waals surface area contributed by atoms with Crippen molar-refractivity contribution in [3.8, 4) is 33.8 Å². The third kappa shape index (κ3) is 4.65. The van der Waals surface area contributed by atoms with Crippen LogP contribution in [0.25, 0.3) is 22.3 Å². The van der Waals surface area contributed by atoms with Gasteiger partial charge in [0, 0.05) is 35.0 Å². The molecule has 4 aromatic rings. The smallest absolute Gasteiger partial charge is 0.304 e. The molecule has 0 amide bonds. The maximum absolute atomic E-state index is 15.3. The summed E-state index contributed by atoms with van der Waals surface area (Å²) in [5.41, 5.74) is 10.2. The Morgan fingerprint density at radius 2 is 1.85 bits per heavy atom. The lowest BCUT2D eigenvalue weighted by atomic mass is 9.88. The summed E-state index contributed by atoms with van der Waals surface area (Å²) in [5, 5.41) is 9.16. The number of rotatable bonds is 6. The highest BCUT2D eigenvalue weighted by molar-refractivity contribution is 5.79. The lowest BCUT2D eigenvalue weighted by Crippen LogP contribution is -2.07. The number of aliphatic carboxylic acids is 1. The van der Waals surface area contributed by atoms with Gasteiger partial charge in [0.2, 0.25) is 0 Å². The molecule has 6 rings (SSSR count). The first-order valence-electron chi connectivity index (χ1n) is 13.3. The van der Waals surface area contributed by atoms with E-state index in [-0.39, 0.29) is 18.2 Å². The number of ether oxygens (including phenoxy) is 2. The maximum atomic E-state index is 15.3. The fourth-order valence-corrected chi connectivity index (χ4v) is 6.18. The van der Waals surface area contributed by atoms with E-state index in [1.807, 2.05) is 37.4 Å². The summed E-state index contributed by atoms with van der Waals surface area (Å²) in [5.74, 6) is -0.0366. The Balaban J connectivity index is 1.31. The lowest BCUT2D eigenvalue weighted by Gasteiger charge is -2.19. The van der Waals surface area contributed by atoms with Crippen LogP contribution in [0.1, 0.15) is 58.4 Å². The number of hydrogen-bond donors (Lipinski definition) is 1. The molecule has 1 aliphatic carbocycles. The van der Waals surface area contributed by atoms with Crippen LogP contribution in [0.4, 0.5) is 4.39 Å². The summed E-state index contributed by atoms with van der Waals surface area (Å²) in [7, 11) is 0. The second kappa shape index (κ2) is 9.84. The van der Waals surface area contributed by atoms with Crippen molar-refractivity contribution < 1.29 is 23.8 Å². The van der Waals surface area contributed by atoms with E-state index in [9.17, 15) is 4.79 Å². The minimum absolute atomic E-state index is 0.0270. The SMILES string of the molecule is Cc1cc(-c2cc(C)c(-c3ccc(F)c4c3CC[C@H]4Oc3ccc4c(c3)OC[C@H]4CC(=O)O)c(C)c2)ccn1. The van der Waals surface area contributed by atoms with Crippen molar-refractivity contribution in [1.82, 2.24) is 4.98 Å². The van der Waals surface area contributed by atoms with Crippen LogP contribution in [0, 0.1) is 26.6 Å². The molecular weight excluding hydrogens is 493 g/mol. The van der Waals surface area contributed by atoms with Gasteiger partial charge >= 0.3 is 5.97 Å². The first kappa shape index (κ1) is 25.1. The Morgan fingerprint density at radius 1 is 1.05 bits per heavy atom. The van der Waals surface area contributed by atoms with E-state index in [0.29, 0.717) is 30.1 Å². The molecule has 6 heteroatoms. The third-order valence-electron chi connectivity index (χ3n) is 7.88. The molecule has 3 aromatic carbocycles. The van der Waals surface area contributed by atoms with Crippen LogP contribution in [-0.2, 0) is 11.2 Å². The van der Waals surface area contributed by atoms with Crippen LogP contribution < -0.4 is 9.47 Å². The van der Waals surface area contributed by atoms with E-state index in [0.717, 1.165) is 56.6 Å². The highest BCUT2D eigenvalue weighted by atomic mass is 19.1. The average molecular weight is 524 g/mol.